The number of nitrogens with one attached hydrogen (secondary N) is 1. The van der Waals surface area contributed by atoms with Gasteiger partial charge in [0.25, 0.3) is 0 Å². The normalized spacial score (nSPS) is 37.5. The first-order valence-corrected chi connectivity index (χ1v) is 3.97. The fourth-order valence-electron chi connectivity index (χ4n) is 1.78. The van der Waals surface area contributed by atoms with E-state index in [1.54, 1.807) is 0 Å². The molecule has 0 aromatic carbocycles. The fraction of sp³-hybridized carbons (Fsp3) is 0.750. The summed E-state index contributed by atoms with van der Waals surface area (Å²) < 4.78 is 0. The van der Waals surface area contributed by atoms with Crippen molar-refractivity contribution in [1.82, 2.24) is 5.32 Å². The van der Waals surface area contributed by atoms with Gasteiger partial charge in [0.2, 0.25) is 11.8 Å². The summed E-state index contributed by atoms with van der Waals surface area (Å²) in [5.74, 6) is 0.295. The highest BCUT2D eigenvalue weighted by Crippen LogP contribution is 2.49. The third kappa shape index (κ3) is 0.870. The third-order valence-electron chi connectivity index (χ3n) is 2.78. The third-order valence-corrected chi connectivity index (χ3v) is 2.78. The van der Waals surface area contributed by atoms with Gasteiger partial charge in [-0.05, 0) is 25.7 Å². The minimum absolute atomic E-state index is 0.0648. The SMILES string of the molecule is CC1(C2CC2)CC(=O)NC1=O. The molecule has 0 spiro atoms. The molecule has 0 aromatic heterocycles. The molecule has 2 amide bonds. The van der Waals surface area contributed by atoms with Crippen LogP contribution in [-0.2, 0) is 9.59 Å². The Kier molecular flexibility index (Phi) is 1.14. The first-order valence-electron chi connectivity index (χ1n) is 3.97. The maximum Gasteiger partial charge on any atom is 0.233 e. The molecule has 3 nitrogen and oxygen atoms in total. The number of carbonyl (C=O) groups excluding carboxylic acids is 2. The largest absolute Gasteiger partial charge is 0.296 e. The van der Waals surface area contributed by atoms with Crippen molar-refractivity contribution in [1.29, 1.82) is 0 Å². The Morgan fingerprint density at radius 2 is 2.09 bits per heavy atom. The highest BCUT2D eigenvalue weighted by Gasteiger charge is 2.52. The molecule has 2 rings (SSSR count). The Balaban J connectivity index is 2.23. The molecular weight excluding hydrogens is 142 g/mol. The second kappa shape index (κ2) is 1.84. The van der Waals surface area contributed by atoms with E-state index in [1.165, 1.54) is 0 Å². The van der Waals surface area contributed by atoms with Crippen LogP contribution in [0, 0.1) is 11.3 Å². The molecule has 1 atom stereocenters. The number of imide groups is 1. The zero-order chi connectivity index (χ0) is 8.06. The molecule has 0 bridgehead atoms. The van der Waals surface area contributed by atoms with Gasteiger partial charge in [-0.3, -0.25) is 14.9 Å². The first kappa shape index (κ1) is 6.83. The van der Waals surface area contributed by atoms with E-state index in [-0.39, 0.29) is 17.2 Å². The molecule has 3 heteroatoms. The van der Waals surface area contributed by atoms with Crippen LogP contribution in [0.4, 0.5) is 0 Å². The van der Waals surface area contributed by atoms with Gasteiger partial charge in [0.1, 0.15) is 0 Å². The predicted molar refractivity (Wildman–Crippen MR) is 38.6 cm³/mol. The summed E-state index contributed by atoms with van der Waals surface area (Å²) in [5.41, 5.74) is -0.364. The van der Waals surface area contributed by atoms with Gasteiger partial charge in [-0.15, -0.1) is 0 Å². The fourth-order valence-corrected chi connectivity index (χ4v) is 1.78. The lowest BCUT2D eigenvalue weighted by atomic mass is 9.83. The van der Waals surface area contributed by atoms with Crippen molar-refractivity contribution in [2.75, 3.05) is 0 Å². The summed E-state index contributed by atoms with van der Waals surface area (Å²) >= 11 is 0. The molecule has 2 aliphatic rings. The Labute approximate surface area is 65.2 Å². The second-order valence-corrected chi connectivity index (χ2v) is 3.75. The zero-order valence-corrected chi connectivity index (χ0v) is 6.52. The highest BCUT2D eigenvalue weighted by molar-refractivity contribution is 6.05. The highest BCUT2D eigenvalue weighted by atomic mass is 16.2. The minimum atomic E-state index is -0.364. The number of hydrogen-bond acceptors (Lipinski definition) is 2. The van der Waals surface area contributed by atoms with E-state index in [0.717, 1.165) is 12.8 Å². The van der Waals surface area contributed by atoms with E-state index in [9.17, 15) is 9.59 Å². The maximum atomic E-state index is 11.3. The van der Waals surface area contributed by atoms with Gasteiger partial charge in [0, 0.05) is 6.42 Å². The van der Waals surface area contributed by atoms with Crippen LogP contribution in [-0.4, -0.2) is 11.8 Å². The summed E-state index contributed by atoms with van der Waals surface area (Å²) in [4.78, 5) is 22.1. The van der Waals surface area contributed by atoms with Crippen molar-refractivity contribution in [3.63, 3.8) is 0 Å². The van der Waals surface area contributed by atoms with Gasteiger partial charge < -0.3 is 0 Å². The topological polar surface area (TPSA) is 46.2 Å². The van der Waals surface area contributed by atoms with Crippen LogP contribution in [0.2, 0.25) is 0 Å². The van der Waals surface area contributed by atoms with Crippen LogP contribution < -0.4 is 5.32 Å². The van der Waals surface area contributed by atoms with Gasteiger partial charge in [0.05, 0.1) is 5.41 Å². The molecule has 0 radical (unpaired) electrons. The molecule has 1 aliphatic carbocycles. The molecule has 11 heavy (non-hydrogen) atoms. The first-order chi connectivity index (χ1) is 5.13. The van der Waals surface area contributed by atoms with Crippen molar-refractivity contribution in [3.8, 4) is 0 Å². The van der Waals surface area contributed by atoms with Gasteiger partial charge in [-0.25, -0.2) is 0 Å². The van der Waals surface area contributed by atoms with Crippen molar-refractivity contribution in [2.24, 2.45) is 11.3 Å². The molecule has 2 fully saturated rings. The van der Waals surface area contributed by atoms with Crippen molar-refractivity contribution < 1.29 is 9.59 Å². The summed E-state index contributed by atoms with van der Waals surface area (Å²) in [6, 6.07) is 0. The van der Waals surface area contributed by atoms with Crippen LogP contribution >= 0.6 is 0 Å². The summed E-state index contributed by atoms with van der Waals surface area (Å²) in [5, 5.41) is 2.35. The molecule has 1 saturated heterocycles. The van der Waals surface area contributed by atoms with Gasteiger partial charge in [-0.2, -0.15) is 0 Å². The molecule has 1 saturated carbocycles. The molecule has 1 unspecified atom stereocenters. The van der Waals surface area contributed by atoms with Crippen molar-refractivity contribution >= 4 is 11.8 Å². The Morgan fingerprint density at radius 3 is 2.45 bits per heavy atom. The predicted octanol–water partition coefficient (Wildman–Crippen LogP) is 0.449. The molecule has 60 valence electrons. The molecule has 0 aromatic rings. The van der Waals surface area contributed by atoms with Crippen LogP contribution in [0.1, 0.15) is 26.2 Å². The lowest BCUT2D eigenvalue weighted by molar-refractivity contribution is -0.128. The number of rotatable bonds is 1. The van der Waals surface area contributed by atoms with E-state index in [1.807, 2.05) is 6.92 Å². The molecule has 1 aliphatic heterocycles. The lowest BCUT2D eigenvalue weighted by Crippen LogP contribution is -2.30. The number of carbonyl (C=O) groups is 2. The van der Waals surface area contributed by atoms with Gasteiger partial charge >= 0.3 is 0 Å². The summed E-state index contributed by atoms with van der Waals surface area (Å²) in [6.45, 7) is 1.89. The Hall–Kier alpha value is -0.860. The molecule has 1 N–H and O–H groups in total. The Morgan fingerprint density at radius 1 is 1.45 bits per heavy atom. The Bertz CT molecular complexity index is 232. The maximum absolute atomic E-state index is 11.3. The van der Waals surface area contributed by atoms with Gasteiger partial charge in [-0.1, -0.05) is 0 Å². The average Bonchev–Trinajstić information content (AvgIpc) is 2.63. The number of hydrogen-bond donors (Lipinski definition) is 1. The van der Waals surface area contributed by atoms with Crippen molar-refractivity contribution in [3.05, 3.63) is 0 Å². The van der Waals surface area contributed by atoms with E-state index in [4.69, 9.17) is 0 Å². The van der Waals surface area contributed by atoms with Crippen LogP contribution in [0.15, 0.2) is 0 Å². The standard InChI is InChI=1S/C8H11NO2/c1-8(5-2-3-5)4-6(10)9-7(8)11/h5H,2-4H2,1H3,(H,9,10,11). The lowest BCUT2D eigenvalue weighted by Gasteiger charge is -2.17. The summed E-state index contributed by atoms with van der Waals surface area (Å²) in [6.07, 6.45) is 2.62. The quantitative estimate of drug-likeness (QED) is 0.556. The minimum Gasteiger partial charge on any atom is -0.296 e. The number of amides is 2. The monoisotopic (exact) mass is 153 g/mol. The van der Waals surface area contributed by atoms with Gasteiger partial charge in [0.15, 0.2) is 0 Å². The van der Waals surface area contributed by atoms with Crippen LogP contribution in [0.3, 0.4) is 0 Å². The zero-order valence-electron chi connectivity index (χ0n) is 6.52. The second-order valence-electron chi connectivity index (χ2n) is 3.75. The van der Waals surface area contributed by atoms with E-state index in [0.29, 0.717) is 12.3 Å². The van der Waals surface area contributed by atoms with E-state index >= 15 is 0 Å². The molecule has 1 heterocycles. The van der Waals surface area contributed by atoms with Crippen LogP contribution in [0.25, 0.3) is 0 Å². The van der Waals surface area contributed by atoms with E-state index in [2.05, 4.69) is 5.32 Å². The van der Waals surface area contributed by atoms with E-state index < -0.39 is 0 Å². The summed E-state index contributed by atoms with van der Waals surface area (Å²) in [7, 11) is 0. The smallest absolute Gasteiger partial charge is 0.233 e. The van der Waals surface area contributed by atoms with Crippen LogP contribution in [0.5, 0.6) is 0 Å². The average molecular weight is 153 g/mol. The molecular formula is C8H11NO2. The van der Waals surface area contributed by atoms with Crippen molar-refractivity contribution in [2.45, 2.75) is 26.2 Å².